The molecular formula is C22H27NO6Si. The second-order valence-electron chi connectivity index (χ2n) is 8.95. The van der Waals surface area contributed by atoms with Gasteiger partial charge in [-0.1, -0.05) is 32.6 Å². The fraction of sp³-hybridized carbons (Fsp3) is 0.364. The number of carbonyl (C=O) groups excluding carboxylic acids is 1. The van der Waals surface area contributed by atoms with E-state index in [1.54, 1.807) is 32.0 Å². The first-order valence-corrected chi connectivity index (χ1v) is 13.3. The summed E-state index contributed by atoms with van der Waals surface area (Å²) in [6, 6.07) is 8.00. The molecular weight excluding hydrogens is 402 g/mol. The maximum Gasteiger partial charge on any atom is 0.349 e. The molecule has 2 aromatic carbocycles. The van der Waals surface area contributed by atoms with Crippen LogP contribution in [0, 0.1) is 0 Å². The van der Waals surface area contributed by atoms with E-state index in [0.29, 0.717) is 11.3 Å². The van der Waals surface area contributed by atoms with Gasteiger partial charge in [-0.05, 0) is 35.4 Å². The Morgan fingerprint density at radius 1 is 1.13 bits per heavy atom. The number of fused-ring (bicyclic) bond motifs is 1. The molecule has 0 fully saturated rings. The molecule has 0 amide bonds. The third-order valence-corrected chi connectivity index (χ3v) is 8.20. The second kappa shape index (κ2) is 7.35. The lowest BCUT2D eigenvalue weighted by molar-refractivity contribution is -0.127. The van der Waals surface area contributed by atoms with Gasteiger partial charge in [-0.15, -0.1) is 0 Å². The molecule has 0 aliphatic carbocycles. The van der Waals surface area contributed by atoms with Crippen LogP contribution < -0.4 is 15.2 Å². The summed E-state index contributed by atoms with van der Waals surface area (Å²) in [4.78, 5) is 24.4. The van der Waals surface area contributed by atoms with Crippen LogP contribution in [0.15, 0.2) is 30.3 Å². The Labute approximate surface area is 176 Å². The summed E-state index contributed by atoms with van der Waals surface area (Å²) in [6.07, 6.45) is 0. The van der Waals surface area contributed by atoms with Crippen molar-refractivity contribution in [3.63, 3.8) is 0 Å². The Hall–Kier alpha value is -3.00. The van der Waals surface area contributed by atoms with Crippen molar-refractivity contribution in [1.29, 1.82) is 0 Å². The van der Waals surface area contributed by atoms with E-state index < -0.39 is 25.8 Å². The van der Waals surface area contributed by atoms with Crippen molar-refractivity contribution < 1.29 is 28.9 Å². The predicted molar refractivity (Wildman–Crippen MR) is 116 cm³/mol. The number of rotatable bonds is 5. The zero-order valence-corrected chi connectivity index (χ0v) is 19.0. The van der Waals surface area contributed by atoms with Crippen molar-refractivity contribution in [2.45, 2.75) is 51.7 Å². The van der Waals surface area contributed by atoms with Crippen molar-refractivity contribution in [1.82, 2.24) is 0 Å². The molecule has 1 aliphatic rings. The monoisotopic (exact) mass is 429 g/mol. The highest BCUT2D eigenvalue weighted by Gasteiger charge is 2.37. The van der Waals surface area contributed by atoms with Gasteiger partial charge in [-0.2, -0.15) is 0 Å². The number of carboxylic acids is 1. The zero-order chi connectivity index (χ0) is 22.4. The number of carbonyl (C=O) groups is 2. The van der Waals surface area contributed by atoms with Crippen LogP contribution in [0.2, 0.25) is 19.6 Å². The van der Waals surface area contributed by atoms with Crippen LogP contribution in [-0.2, 0) is 4.74 Å². The molecule has 7 nitrogen and oxygen atoms in total. The van der Waals surface area contributed by atoms with Crippen molar-refractivity contribution in [2.75, 3.05) is 5.73 Å². The van der Waals surface area contributed by atoms with Crippen LogP contribution in [0.4, 0.5) is 5.69 Å². The number of ether oxygens (including phenoxy) is 3. The number of benzene rings is 2. The van der Waals surface area contributed by atoms with Gasteiger partial charge in [0.25, 0.3) is 0 Å². The van der Waals surface area contributed by atoms with E-state index in [4.69, 9.17) is 19.9 Å². The molecule has 8 heteroatoms. The average Bonchev–Trinajstić information content (AvgIpc) is 2.60. The van der Waals surface area contributed by atoms with Crippen LogP contribution in [0.25, 0.3) is 0 Å². The summed E-state index contributed by atoms with van der Waals surface area (Å²) in [5, 5.41) is 9.67. The van der Waals surface area contributed by atoms with Crippen molar-refractivity contribution in [2.24, 2.45) is 0 Å². The van der Waals surface area contributed by atoms with Crippen molar-refractivity contribution >= 4 is 25.7 Å². The fourth-order valence-electron chi connectivity index (χ4n) is 3.35. The SMILES string of the molecule is CC(c1c(C(=O)O)ccc(Oc2cccc3c2C(=O)OC(C)(C)O3)c1N)[Si](C)(C)C. The number of nitrogens with two attached hydrogens (primary N) is 1. The highest BCUT2D eigenvalue weighted by molar-refractivity contribution is 6.77. The van der Waals surface area contributed by atoms with E-state index in [2.05, 4.69) is 19.6 Å². The minimum absolute atomic E-state index is 0.0223. The predicted octanol–water partition coefficient (Wildman–Crippen LogP) is 5.03. The van der Waals surface area contributed by atoms with Gasteiger partial charge in [0.05, 0.1) is 19.3 Å². The average molecular weight is 430 g/mol. The highest BCUT2D eigenvalue weighted by atomic mass is 28.3. The van der Waals surface area contributed by atoms with Crippen LogP contribution in [-0.4, -0.2) is 30.9 Å². The molecule has 160 valence electrons. The van der Waals surface area contributed by atoms with Crippen LogP contribution in [0.3, 0.4) is 0 Å². The molecule has 0 radical (unpaired) electrons. The number of aromatic carboxylic acids is 1. The molecule has 30 heavy (non-hydrogen) atoms. The Morgan fingerprint density at radius 2 is 1.80 bits per heavy atom. The summed E-state index contributed by atoms with van der Waals surface area (Å²) >= 11 is 0. The Morgan fingerprint density at radius 3 is 2.40 bits per heavy atom. The topological polar surface area (TPSA) is 108 Å². The molecule has 0 saturated carbocycles. The van der Waals surface area contributed by atoms with Gasteiger partial charge in [-0.3, -0.25) is 0 Å². The molecule has 1 aliphatic heterocycles. The summed E-state index contributed by atoms with van der Waals surface area (Å²) in [6.45, 7) is 11.7. The smallest absolute Gasteiger partial charge is 0.349 e. The lowest BCUT2D eigenvalue weighted by atomic mass is 10.0. The van der Waals surface area contributed by atoms with Gasteiger partial charge in [0.2, 0.25) is 5.79 Å². The number of carboxylic acid groups (broad SMARTS) is 1. The third-order valence-electron chi connectivity index (χ3n) is 5.32. The molecule has 0 aromatic heterocycles. The first-order chi connectivity index (χ1) is 13.8. The second-order valence-corrected chi connectivity index (χ2v) is 14.6. The highest BCUT2D eigenvalue weighted by Crippen LogP contribution is 2.43. The summed E-state index contributed by atoms with van der Waals surface area (Å²) < 4.78 is 17.1. The third kappa shape index (κ3) is 4.00. The van der Waals surface area contributed by atoms with E-state index in [9.17, 15) is 14.7 Å². The van der Waals surface area contributed by atoms with E-state index in [1.165, 1.54) is 12.1 Å². The van der Waals surface area contributed by atoms with E-state index >= 15 is 0 Å². The minimum atomic E-state index is -1.77. The summed E-state index contributed by atoms with van der Waals surface area (Å²) in [5.74, 6) is -1.81. The van der Waals surface area contributed by atoms with E-state index in [0.717, 1.165) is 0 Å². The fourth-order valence-corrected chi connectivity index (χ4v) is 4.53. The number of cyclic esters (lactones) is 1. The van der Waals surface area contributed by atoms with Crippen LogP contribution in [0.1, 0.15) is 52.6 Å². The molecule has 0 saturated heterocycles. The Kier molecular flexibility index (Phi) is 5.32. The quantitative estimate of drug-likeness (QED) is 0.390. The van der Waals surface area contributed by atoms with Crippen LogP contribution >= 0.6 is 0 Å². The first kappa shape index (κ1) is 21.7. The maximum atomic E-state index is 12.6. The van der Waals surface area contributed by atoms with Gasteiger partial charge in [0, 0.05) is 13.8 Å². The molecule has 1 atom stereocenters. The number of esters is 1. The van der Waals surface area contributed by atoms with Crippen molar-refractivity contribution in [3.05, 3.63) is 47.0 Å². The molecule has 2 aromatic rings. The largest absolute Gasteiger partial charge is 0.478 e. The maximum absolute atomic E-state index is 12.6. The normalized spacial score (nSPS) is 16.1. The number of nitrogen functional groups attached to an aromatic ring is 1. The molecule has 0 bridgehead atoms. The Bertz CT molecular complexity index is 1030. The number of hydrogen-bond donors (Lipinski definition) is 2. The molecule has 3 N–H and O–H groups in total. The molecule has 3 rings (SSSR count). The lowest BCUT2D eigenvalue weighted by Crippen LogP contribution is -2.38. The van der Waals surface area contributed by atoms with Crippen LogP contribution in [0.5, 0.6) is 17.2 Å². The molecule has 1 heterocycles. The van der Waals surface area contributed by atoms with Crippen molar-refractivity contribution in [3.8, 4) is 17.2 Å². The van der Waals surface area contributed by atoms with Gasteiger partial charge < -0.3 is 25.1 Å². The standard InChI is InChI=1S/C22H27NO6Si/c1-12(30(4,5)6)17-13(20(24)25)10-11-16(19(17)23)27-14-8-7-9-15-18(14)21(26)29-22(2,3)28-15/h7-12H,23H2,1-6H3,(H,24,25). The van der Waals surface area contributed by atoms with Gasteiger partial charge in [0.15, 0.2) is 5.75 Å². The summed E-state index contributed by atoms with van der Waals surface area (Å²) in [5.41, 5.74) is 7.53. The molecule has 1 unspecified atom stereocenters. The minimum Gasteiger partial charge on any atom is -0.478 e. The molecule has 0 spiro atoms. The van der Waals surface area contributed by atoms with Gasteiger partial charge in [-0.25, -0.2) is 9.59 Å². The zero-order valence-electron chi connectivity index (χ0n) is 18.0. The van der Waals surface area contributed by atoms with E-state index in [-0.39, 0.29) is 33.9 Å². The van der Waals surface area contributed by atoms with E-state index in [1.807, 2.05) is 6.92 Å². The number of hydrogen-bond acceptors (Lipinski definition) is 6. The summed E-state index contributed by atoms with van der Waals surface area (Å²) in [7, 11) is -1.77. The van der Waals surface area contributed by atoms with Gasteiger partial charge >= 0.3 is 11.9 Å². The van der Waals surface area contributed by atoms with Gasteiger partial charge in [0.1, 0.15) is 17.1 Å². The number of anilines is 1. The Balaban J connectivity index is 2.10. The lowest BCUT2D eigenvalue weighted by Gasteiger charge is -2.32. The first-order valence-electron chi connectivity index (χ1n) is 9.70.